The fourth-order valence-electron chi connectivity index (χ4n) is 2.29. The monoisotopic (exact) mass is 327 g/mol. The van der Waals surface area contributed by atoms with E-state index in [0.717, 1.165) is 0 Å². The molecule has 0 spiro atoms. The van der Waals surface area contributed by atoms with E-state index >= 15 is 0 Å². The van der Waals surface area contributed by atoms with Crippen LogP contribution >= 0.6 is 0 Å². The summed E-state index contributed by atoms with van der Waals surface area (Å²) in [7, 11) is 0. The van der Waals surface area contributed by atoms with Crippen LogP contribution < -0.4 is 14.8 Å². The number of anilines is 1. The standard InChI is InChI=1S/C20H25NO3/c1-5-23-19-12-7-6-11-18(19)21-20(22)15(4)24-17-10-8-9-16(13-17)14(2)3/h6-15H,5H2,1-4H3,(H,21,22). The third-order valence-electron chi connectivity index (χ3n) is 3.65. The Morgan fingerprint density at radius 2 is 1.83 bits per heavy atom. The van der Waals surface area contributed by atoms with Gasteiger partial charge >= 0.3 is 0 Å². The first-order chi connectivity index (χ1) is 11.5. The van der Waals surface area contributed by atoms with E-state index in [1.807, 2.05) is 49.4 Å². The van der Waals surface area contributed by atoms with E-state index < -0.39 is 6.10 Å². The second-order valence-corrected chi connectivity index (χ2v) is 5.91. The number of benzene rings is 2. The van der Waals surface area contributed by atoms with Crippen molar-refractivity contribution in [2.75, 3.05) is 11.9 Å². The molecule has 2 rings (SSSR count). The molecule has 1 amide bonds. The van der Waals surface area contributed by atoms with Crippen LogP contribution in [0.25, 0.3) is 0 Å². The van der Waals surface area contributed by atoms with Crippen molar-refractivity contribution in [2.45, 2.75) is 39.7 Å². The van der Waals surface area contributed by atoms with E-state index in [2.05, 4.69) is 25.2 Å². The first-order valence-electron chi connectivity index (χ1n) is 8.30. The lowest BCUT2D eigenvalue weighted by Gasteiger charge is -2.17. The molecule has 1 unspecified atom stereocenters. The van der Waals surface area contributed by atoms with Crippen molar-refractivity contribution >= 4 is 11.6 Å². The number of amides is 1. The number of hydrogen-bond donors (Lipinski definition) is 1. The van der Waals surface area contributed by atoms with Gasteiger partial charge in [-0.3, -0.25) is 4.79 Å². The van der Waals surface area contributed by atoms with Crippen molar-refractivity contribution in [2.24, 2.45) is 0 Å². The van der Waals surface area contributed by atoms with Crippen LogP contribution in [0.5, 0.6) is 11.5 Å². The molecule has 0 aromatic heterocycles. The summed E-state index contributed by atoms with van der Waals surface area (Å²) in [6.07, 6.45) is -0.609. The minimum atomic E-state index is -0.609. The Balaban J connectivity index is 2.04. The van der Waals surface area contributed by atoms with Crippen molar-refractivity contribution in [3.8, 4) is 11.5 Å². The molecule has 0 fully saturated rings. The van der Waals surface area contributed by atoms with E-state index in [1.165, 1.54) is 5.56 Å². The van der Waals surface area contributed by atoms with Gasteiger partial charge in [-0.2, -0.15) is 0 Å². The molecule has 0 radical (unpaired) electrons. The second kappa shape index (κ2) is 8.39. The molecule has 24 heavy (non-hydrogen) atoms. The van der Waals surface area contributed by atoms with Crippen LogP contribution in [0.4, 0.5) is 5.69 Å². The third-order valence-corrected chi connectivity index (χ3v) is 3.65. The highest BCUT2D eigenvalue weighted by atomic mass is 16.5. The summed E-state index contributed by atoms with van der Waals surface area (Å²) in [6, 6.07) is 15.2. The number of carbonyl (C=O) groups is 1. The van der Waals surface area contributed by atoms with Crippen molar-refractivity contribution in [1.29, 1.82) is 0 Å². The number of ether oxygens (including phenoxy) is 2. The van der Waals surface area contributed by atoms with Gasteiger partial charge in [0.2, 0.25) is 0 Å². The van der Waals surface area contributed by atoms with Gasteiger partial charge in [0, 0.05) is 0 Å². The molecule has 1 N–H and O–H groups in total. The van der Waals surface area contributed by atoms with Crippen molar-refractivity contribution in [1.82, 2.24) is 0 Å². The Labute approximate surface area is 143 Å². The minimum Gasteiger partial charge on any atom is -0.492 e. The maximum absolute atomic E-state index is 12.4. The molecule has 4 nitrogen and oxygen atoms in total. The molecular weight excluding hydrogens is 302 g/mol. The topological polar surface area (TPSA) is 47.6 Å². The lowest BCUT2D eigenvalue weighted by atomic mass is 10.0. The largest absolute Gasteiger partial charge is 0.492 e. The third kappa shape index (κ3) is 4.75. The first-order valence-corrected chi connectivity index (χ1v) is 8.30. The molecule has 0 saturated heterocycles. The molecule has 1 atom stereocenters. The number of para-hydroxylation sites is 2. The number of carbonyl (C=O) groups excluding carboxylic acids is 1. The summed E-state index contributed by atoms with van der Waals surface area (Å²) in [5.41, 5.74) is 1.83. The number of nitrogens with one attached hydrogen (secondary N) is 1. The molecule has 0 saturated carbocycles. The van der Waals surface area contributed by atoms with Crippen LogP contribution in [0.3, 0.4) is 0 Å². The van der Waals surface area contributed by atoms with Crippen molar-refractivity contribution in [3.63, 3.8) is 0 Å². The van der Waals surface area contributed by atoms with Crippen LogP contribution in [0.2, 0.25) is 0 Å². The Hall–Kier alpha value is -2.49. The van der Waals surface area contributed by atoms with Gasteiger partial charge in [-0.15, -0.1) is 0 Å². The summed E-state index contributed by atoms with van der Waals surface area (Å²) in [5.74, 6) is 1.55. The summed E-state index contributed by atoms with van der Waals surface area (Å²) < 4.78 is 11.3. The van der Waals surface area contributed by atoms with Crippen LogP contribution in [0, 0.1) is 0 Å². The molecule has 0 aliphatic carbocycles. The summed E-state index contributed by atoms with van der Waals surface area (Å²) in [5, 5.41) is 2.86. The van der Waals surface area contributed by atoms with Gasteiger partial charge < -0.3 is 14.8 Å². The van der Waals surface area contributed by atoms with Crippen molar-refractivity contribution in [3.05, 3.63) is 54.1 Å². The zero-order valence-electron chi connectivity index (χ0n) is 14.7. The molecular formula is C20H25NO3. The van der Waals surface area contributed by atoms with Gasteiger partial charge in [0.15, 0.2) is 6.10 Å². The number of rotatable bonds is 7. The van der Waals surface area contributed by atoms with Crippen molar-refractivity contribution < 1.29 is 14.3 Å². The van der Waals surface area contributed by atoms with E-state index in [9.17, 15) is 4.79 Å². The molecule has 0 heterocycles. The molecule has 2 aromatic rings. The van der Waals surface area contributed by atoms with Crippen LogP contribution in [0.15, 0.2) is 48.5 Å². The average molecular weight is 327 g/mol. The van der Waals surface area contributed by atoms with Gasteiger partial charge in [0.1, 0.15) is 11.5 Å². The van der Waals surface area contributed by atoms with Gasteiger partial charge in [-0.1, -0.05) is 38.1 Å². The highest BCUT2D eigenvalue weighted by Gasteiger charge is 2.17. The molecule has 0 aliphatic heterocycles. The Morgan fingerprint density at radius 1 is 1.08 bits per heavy atom. The second-order valence-electron chi connectivity index (χ2n) is 5.91. The summed E-state index contributed by atoms with van der Waals surface area (Å²) >= 11 is 0. The Morgan fingerprint density at radius 3 is 2.54 bits per heavy atom. The van der Waals surface area contributed by atoms with Gasteiger partial charge in [0.05, 0.1) is 12.3 Å². The lowest BCUT2D eigenvalue weighted by Crippen LogP contribution is -2.30. The van der Waals surface area contributed by atoms with E-state index in [1.54, 1.807) is 6.92 Å². The van der Waals surface area contributed by atoms with Gasteiger partial charge in [-0.25, -0.2) is 0 Å². The smallest absolute Gasteiger partial charge is 0.265 e. The molecule has 0 aliphatic rings. The minimum absolute atomic E-state index is 0.211. The van der Waals surface area contributed by atoms with Crippen LogP contribution in [0.1, 0.15) is 39.2 Å². The highest BCUT2D eigenvalue weighted by molar-refractivity contribution is 5.95. The van der Waals surface area contributed by atoms with E-state index in [4.69, 9.17) is 9.47 Å². The Kier molecular flexibility index (Phi) is 6.24. The fraction of sp³-hybridized carbons (Fsp3) is 0.350. The molecule has 128 valence electrons. The fourth-order valence-corrected chi connectivity index (χ4v) is 2.29. The van der Waals surface area contributed by atoms with E-state index in [-0.39, 0.29) is 5.91 Å². The normalized spacial score (nSPS) is 11.9. The SMILES string of the molecule is CCOc1ccccc1NC(=O)C(C)Oc1cccc(C(C)C)c1. The maximum atomic E-state index is 12.4. The highest BCUT2D eigenvalue weighted by Crippen LogP contribution is 2.25. The first kappa shape index (κ1) is 17.9. The summed E-state index contributed by atoms with van der Waals surface area (Å²) in [4.78, 5) is 12.4. The molecule has 2 aromatic carbocycles. The quantitative estimate of drug-likeness (QED) is 0.807. The summed E-state index contributed by atoms with van der Waals surface area (Å²) in [6.45, 7) is 8.44. The maximum Gasteiger partial charge on any atom is 0.265 e. The predicted octanol–water partition coefficient (Wildman–Crippen LogP) is 4.61. The van der Waals surface area contributed by atoms with Crippen LogP contribution in [-0.2, 0) is 4.79 Å². The van der Waals surface area contributed by atoms with Crippen LogP contribution in [-0.4, -0.2) is 18.6 Å². The zero-order chi connectivity index (χ0) is 17.5. The number of hydrogen-bond acceptors (Lipinski definition) is 3. The van der Waals surface area contributed by atoms with Gasteiger partial charge in [-0.05, 0) is 49.6 Å². The zero-order valence-corrected chi connectivity index (χ0v) is 14.7. The van der Waals surface area contributed by atoms with E-state index in [0.29, 0.717) is 29.7 Å². The molecule has 0 bridgehead atoms. The average Bonchev–Trinajstić information content (AvgIpc) is 2.57. The Bertz CT molecular complexity index is 682. The molecule has 4 heteroatoms. The predicted molar refractivity (Wildman–Crippen MR) is 96.9 cm³/mol. The lowest BCUT2D eigenvalue weighted by molar-refractivity contribution is -0.122. The van der Waals surface area contributed by atoms with Gasteiger partial charge in [0.25, 0.3) is 5.91 Å².